The van der Waals surface area contributed by atoms with Gasteiger partial charge in [0.05, 0.1) is 12.2 Å². The number of hydrogen-bond donors (Lipinski definition) is 2. The Bertz CT molecular complexity index is 1100. The van der Waals surface area contributed by atoms with Gasteiger partial charge in [-0.3, -0.25) is 9.89 Å². The number of hydrogen-bond acceptors (Lipinski definition) is 8. The lowest BCUT2D eigenvalue weighted by molar-refractivity contribution is -0.177. The summed E-state index contributed by atoms with van der Waals surface area (Å²) in [5.41, 5.74) is -1.24. The number of carbonyl (C=O) groups excluding carboxylic acids is 1. The van der Waals surface area contributed by atoms with E-state index in [-0.39, 0.29) is 36.8 Å². The molecule has 0 aliphatic carbocycles. The Morgan fingerprint density at radius 3 is 2.82 bits per heavy atom. The average molecular weight is 501 g/mol. The maximum absolute atomic E-state index is 13.7. The summed E-state index contributed by atoms with van der Waals surface area (Å²) in [4.78, 5) is 23.4. The number of rotatable bonds is 7. The molecule has 2 aliphatic heterocycles. The third-order valence-corrected chi connectivity index (χ3v) is 6.40. The summed E-state index contributed by atoms with van der Waals surface area (Å²) in [5.74, 6) is -0.865. The van der Waals surface area contributed by atoms with Crippen molar-refractivity contribution in [1.29, 1.82) is 0 Å². The Kier molecular flexibility index (Phi) is 6.76. The first-order chi connectivity index (χ1) is 15.7. The first kappa shape index (κ1) is 23.7. The number of β-amino-alcohol motifs (C(OH)–C–C–N with tert-alkyl or cyclic N) is 1. The van der Waals surface area contributed by atoms with Gasteiger partial charge in [-0.15, -0.1) is 11.3 Å². The highest BCUT2D eigenvalue weighted by Gasteiger charge is 2.49. The van der Waals surface area contributed by atoms with E-state index in [4.69, 9.17) is 16.3 Å². The minimum absolute atomic E-state index is 0.0445. The van der Waals surface area contributed by atoms with E-state index in [9.17, 15) is 23.1 Å². The highest BCUT2D eigenvalue weighted by molar-refractivity contribution is 7.11. The lowest BCUT2D eigenvalue weighted by atomic mass is 9.92. The zero-order valence-corrected chi connectivity index (χ0v) is 19.0. The molecule has 2 aromatic rings. The van der Waals surface area contributed by atoms with E-state index in [0.29, 0.717) is 22.1 Å². The number of aliphatic imine (C=N–C) groups is 1. The van der Waals surface area contributed by atoms with Crippen LogP contribution in [0, 0.1) is 5.82 Å². The molecule has 2 aliphatic rings. The van der Waals surface area contributed by atoms with Crippen LogP contribution in [0.25, 0.3) is 0 Å². The van der Waals surface area contributed by atoms with Crippen molar-refractivity contribution in [3.63, 3.8) is 0 Å². The molecular formula is C21H20ClF3N4O3S. The van der Waals surface area contributed by atoms with Gasteiger partial charge in [0.2, 0.25) is 0 Å². The summed E-state index contributed by atoms with van der Waals surface area (Å²) >= 11 is 7.61. The number of aromatic nitrogens is 1. The van der Waals surface area contributed by atoms with Crippen LogP contribution in [0.1, 0.15) is 23.5 Å². The summed E-state index contributed by atoms with van der Waals surface area (Å²) in [6.45, 7) is 1.26. The molecule has 0 spiro atoms. The predicted molar refractivity (Wildman–Crippen MR) is 117 cm³/mol. The molecule has 33 heavy (non-hydrogen) atoms. The molecule has 3 heterocycles. The maximum Gasteiger partial charge on any atom is 0.338 e. The zero-order chi connectivity index (χ0) is 23.8. The second-order valence-corrected chi connectivity index (χ2v) is 8.97. The number of nitrogens with zero attached hydrogens (tertiary/aromatic N) is 3. The van der Waals surface area contributed by atoms with E-state index in [1.165, 1.54) is 23.5 Å². The molecule has 2 N–H and O–H groups in total. The summed E-state index contributed by atoms with van der Waals surface area (Å²) in [6, 6.07) is 2.83. The first-order valence-corrected chi connectivity index (χ1v) is 11.3. The van der Waals surface area contributed by atoms with Gasteiger partial charge in [0.25, 0.3) is 6.43 Å². The minimum Gasteiger partial charge on any atom is -0.463 e. The summed E-state index contributed by atoms with van der Waals surface area (Å²) in [6.07, 6.45) is -1.29. The Hall–Kier alpha value is -2.47. The van der Waals surface area contributed by atoms with Crippen molar-refractivity contribution >= 4 is 34.7 Å². The van der Waals surface area contributed by atoms with E-state index < -0.39 is 29.9 Å². The Labute approximate surface area is 196 Å². The normalized spacial score (nSPS) is 20.3. The molecule has 1 aromatic carbocycles. The van der Waals surface area contributed by atoms with Gasteiger partial charge in [-0.25, -0.2) is 22.9 Å². The Morgan fingerprint density at radius 1 is 1.45 bits per heavy atom. The fraction of sp³-hybridized carbons (Fsp3) is 0.381. The number of ether oxygens (including phenoxy) is 1. The zero-order valence-electron chi connectivity index (χ0n) is 17.4. The van der Waals surface area contributed by atoms with Crippen molar-refractivity contribution in [3.8, 4) is 0 Å². The standard InChI is InChI=1S/C21H20ClF3N4O3S/c1-2-32-19(30)15-14(8-29-9-21(31,10-29)20(24)25)27-17(18-26-5-6-33-18)28-16(15)12-4-3-11(23)7-13(12)22/h3-7,16,20,31H,2,8-10H2,1H3,(H,27,28). The van der Waals surface area contributed by atoms with Crippen molar-refractivity contribution in [2.75, 3.05) is 26.2 Å². The maximum atomic E-state index is 13.7. The first-order valence-electron chi connectivity index (χ1n) is 10.0. The topological polar surface area (TPSA) is 87.0 Å². The van der Waals surface area contributed by atoms with Crippen molar-refractivity contribution in [2.45, 2.75) is 25.0 Å². The van der Waals surface area contributed by atoms with Gasteiger partial charge in [-0.2, -0.15) is 0 Å². The molecular weight excluding hydrogens is 481 g/mol. The SMILES string of the molecule is CCOC(=O)C1=C(CN2CC(O)(C(F)F)C2)NC(c2nccs2)=NC1c1ccc(F)cc1Cl. The summed E-state index contributed by atoms with van der Waals surface area (Å²) in [7, 11) is 0. The lowest BCUT2D eigenvalue weighted by Gasteiger charge is -2.46. The van der Waals surface area contributed by atoms with Crippen LogP contribution in [-0.2, 0) is 9.53 Å². The van der Waals surface area contributed by atoms with Crippen LogP contribution in [-0.4, -0.2) is 65.1 Å². The van der Waals surface area contributed by atoms with Crippen LogP contribution in [0.15, 0.2) is 46.0 Å². The van der Waals surface area contributed by atoms with Crippen LogP contribution in [0.5, 0.6) is 0 Å². The molecule has 0 bridgehead atoms. The number of benzene rings is 1. The van der Waals surface area contributed by atoms with E-state index in [1.807, 2.05) is 0 Å². The van der Waals surface area contributed by atoms with Gasteiger partial charge < -0.3 is 15.2 Å². The van der Waals surface area contributed by atoms with Gasteiger partial charge >= 0.3 is 5.97 Å². The van der Waals surface area contributed by atoms with Crippen LogP contribution < -0.4 is 5.32 Å². The lowest BCUT2D eigenvalue weighted by Crippen LogP contribution is -2.66. The van der Waals surface area contributed by atoms with Gasteiger partial charge in [0, 0.05) is 47.5 Å². The average Bonchev–Trinajstić information content (AvgIpc) is 3.27. The second-order valence-electron chi connectivity index (χ2n) is 7.67. The van der Waals surface area contributed by atoms with Gasteiger partial charge in [0.15, 0.2) is 16.4 Å². The Morgan fingerprint density at radius 2 is 2.21 bits per heavy atom. The van der Waals surface area contributed by atoms with Crippen molar-refractivity contribution < 1.29 is 27.8 Å². The third-order valence-electron chi connectivity index (χ3n) is 5.30. The van der Waals surface area contributed by atoms with Crippen molar-refractivity contribution in [3.05, 3.63) is 62.5 Å². The molecule has 176 valence electrons. The molecule has 4 rings (SSSR count). The van der Waals surface area contributed by atoms with Crippen molar-refractivity contribution in [2.24, 2.45) is 4.99 Å². The molecule has 1 aromatic heterocycles. The van der Waals surface area contributed by atoms with Gasteiger partial charge in [0.1, 0.15) is 11.9 Å². The molecule has 0 radical (unpaired) electrons. The highest BCUT2D eigenvalue weighted by atomic mass is 35.5. The molecule has 1 fully saturated rings. The van der Waals surface area contributed by atoms with Crippen LogP contribution in [0.2, 0.25) is 5.02 Å². The molecule has 1 saturated heterocycles. The second kappa shape index (κ2) is 9.41. The number of alkyl halides is 2. The molecule has 7 nitrogen and oxygen atoms in total. The smallest absolute Gasteiger partial charge is 0.338 e. The minimum atomic E-state index is -2.88. The highest BCUT2D eigenvalue weighted by Crippen LogP contribution is 2.38. The number of aliphatic hydroxyl groups is 1. The van der Waals surface area contributed by atoms with Gasteiger partial charge in [-0.1, -0.05) is 17.7 Å². The predicted octanol–water partition coefficient (Wildman–Crippen LogP) is 3.16. The number of amidine groups is 1. The number of carbonyl (C=O) groups is 1. The molecule has 1 atom stereocenters. The van der Waals surface area contributed by atoms with E-state index in [0.717, 1.165) is 6.07 Å². The van der Waals surface area contributed by atoms with E-state index >= 15 is 0 Å². The molecule has 0 amide bonds. The number of halogens is 4. The molecule has 0 saturated carbocycles. The fourth-order valence-corrected chi connectivity index (χ4v) is 4.63. The molecule has 12 heteroatoms. The molecule has 1 unspecified atom stereocenters. The number of likely N-dealkylation sites (tertiary alicyclic amines) is 1. The quantitative estimate of drug-likeness (QED) is 0.568. The Balaban J connectivity index is 1.77. The number of thiazole rings is 1. The number of nitrogens with one attached hydrogen (secondary N) is 1. The third kappa shape index (κ3) is 4.77. The summed E-state index contributed by atoms with van der Waals surface area (Å²) in [5, 5.41) is 15.4. The van der Waals surface area contributed by atoms with Crippen molar-refractivity contribution in [1.82, 2.24) is 15.2 Å². The monoisotopic (exact) mass is 500 g/mol. The summed E-state index contributed by atoms with van der Waals surface area (Å²) < 4.78 is 45.1. The van der Waals surface area contributed by atoms with Crippen LogP contribution >= 0.6 is 22.9 Å². The fourth-order valence-electron chi connectivity index (χ4n) is 3.77. The van der Waals surface area contributed by atoms with E-state index in [1.54, 1.807) is 23.4 Å². The van der Waals surface area contributed by atoms with E-state index in [2.05, 4.69) is 15.3 Å². The van der Waals surface area contributed by atoms with Crippen LogP contribution in [0.3, 0.4) is 0 Å². The van der Waals surface area contributed by atoms with Crippen LogP contribution in [0.4, 0.5) is 13.2 Å². The largest absolute Gasteiger partial charge is 0.463 e. The number of esters is 1. The van der Waals surface area contributed by atoms with Gasteiger partial charge in [-0.05, 0) is 19.1 Å².